The van der Waals surface area contributed by atoms with Crippen molar-refractivity contribution < 1.29 is 9.59 Å². The third kappa shape index (κ3) is 6.96. The van der Waals surface area contributed by atoms with Crippen molar-refractivity contribution in [2.75, 3.05) is 12.3 Å². The van der Waals surface area contributed by atoms with Gasteiger partial charge in [-0.3, -0.25) is 14.7 Å². The van der Waals surface area contributed by atoms with E-state index in [4.69, 9.17) is 0 Å². The number of thioether (sulfide) groups is 1. The number of carbonyl (C=O) groups excluding carboxylic acids is 2. The van der Waals surface area contributed by atoms with Crippen LogP contribution in [-0.2, 0) is 11.2 Å². The van der Waals surface area contributed by atoms with Crippen molar-refractivity contribution >= 4 is 23.6 Å². The maximum atomic E-state index is 12.5. The van der Waals surface area contributed by atoms with E-state index in [9.17, 15) is 9.59 Å². The third-order valence-electron chi connectivity index (χ3n) is 4.68. The van der Waals surface area contributed by atoms with Crippen molar-refractivity contribution in [3.8, 4) is 0 Å². The second-order valence-corrected chi connectivity index (χ2v) is 8.38. The first-order chi connectivity index (χ1) is 15.0. The number of hydrogen-bond acceptors (Lipinski definition) is 5. The first kappa shape index (κ1) is 22.6. The highest BCUT2D eigenvalue weighted by molar-refractivity contribution is 7.99. The second kappa shape index (κ2) is 11.3. The van der Waals surface area contributed by atoms with E-state index in [1.165, 1.54) is 17.3 Å². The van der Waals surface area contributed by atoms with E-state index in [1.54, 1.807) is 12.1 Å². The smallest absolute Gasteiger partial charge is 0.251 e. The van der Waals surface area contributed by atoms with Gasteiger partial charge in [0, 0.05) is 12.1 Å². The van der Waals surface area contributed by atoms with E-state index >= 15 is 0 Å². The van der Waals surface area contributed by atoms with Gasteiger partial charge in [-0.25, -0.2) is 4.98 Å². The molecule has 0 radical (unpaired) electrons. The fourth-order valence-electron chi connectivity index (χ4n) is 3.00. The van der Waals surface area contributed by atoms with Crippen molar-refractivity contribution in [2.45, 2.75) is 31.5 Å². The summed E-state index contributed by atoms with van der Waals surface area (Å²) in [7, 11) is 0. The standard InChI is InChI=1S/C23H27N5O2S/c1-16(2)20(25-22(30)18-11-7-4-8-12-18)21-26-23(28-27-21)31-15-19(29)24-14-13-17-9-5-3-6-10-17/h3-12,16,20H,13-15H2,1-2H3,(H,24,29)(H,25,30)(H,26,27,28). The lowest BCUT2D eigenvalue weighted by Crippen LogP contribution is -2.32. The lowest BCUT2D eigenvalue weighted by molar-refractivity contribution is -0.118. The monoisotopic (exact) mass is 437 g/mol. The van der Waals surface area contributed by atoms with Gasteiger partial charge in [0.1, 0.15) is 5.82 Å². The summed E-state index contributed by atoms with van der Waals surface area (Å²) in [5.74, 6) is 0.688. The molecule has 1 atom stereocenters. The molecule has 0 saturated carbocycles. The van der Waals surface area contributed by atoms with Crippen LogP contribution in [-0.4, -0.2) is 39.3 Å². The quantitative estimate of drug-likeness (QED) is 0.422. The van der Waals surface area contributed by atoms with Gasteiger partial charge in [0.15, 0.2) is 0 Å². The molecule has 7 nitrogen and oxygen atoms in total. The van der Waals surface area contributed by atoms with E-state index in [0.717, 1.165) is 6.42 Å². The Labute approximate surface area is 186 Å². The number of benzene rings is 2. The molecule has 0 bridgehead atoms. The normalized spacial score (nSPS) is 11.8. The summed E-state index contributed by atoms with van der Waals surface area (Å²) in [5, 5.41) is 13.5. The molecule has 0 fully saturated rings. The van der Waals surface area contributed by atoms with Crippen LogP contribution in [0, 0.1) is 5.92 Å². The first-order valence-electron chi connectivity index (χ1n) is 10.2. The average Bonchev–Trinajstić information content (AvgIpc) is 3.25. The van der Waals surface area contributed by atoms with Gasteiger partial charge in [-0.1, -0.05) is 74.1 Å². The Hall–Kier alpha value is -3.13. The predicted molar refractivity (Wildman–Crippen MR) is 122 cm³/mol. The van der Waals surface area contributed by atoms with E-state index in [2.05, 4.69) is 25.8 Å². The molecule has 0 spiro atoms. The molecule has 1 aromatic heterocycles. The van der Waals surface area contributed by atoms with Crippen molar-refractivity contribution in [1.82, 2.24) is 25.8 Å². The fraction of sp³-hybridized carbons (Fsp3) is 0.304. The highest BCUT2D eigenvalue weighted by atomic mass is 32.2. The molecular weight excluding hydrogens is 410 g/mol. The number of hydrogen-bond donors (Lipinski definition) is 3. The Morgan fingerprint density at radius 1 is 1.03 bits per heavy atom. The fourth-order valence-corrected chi connectivity index (χ4v) is 3.63. The minimum absolute atomic E-state index is 0.0647. The predicted octanol–water partition coefficient (Wildman–Crippen LogP) is 3.38. The van der Waals surface area contributed by atoms with Crippen LogP contribution in [0.5, 0.6) is 0 Å². The van der Waals surface area contributed by atoms with Crippen molar-refractivity contribution in [2.24, 2.45) is 5.92 Å². The molecule has 0 saturated heterocycles. The molecule has 0 aliphatic carbocycles. The maximum Gasteiger partial charge on any atom is 0.251 e. The first-order valence-corrected chi connectivity index (χ1v) is 11.2. The number of nitrogens with one attached hydrogen (secondary N) is 3. The van der Waals surface area contributed by atoms with E-state index < -0.39 is 0 Å². The molecule has 3 aromatic rings. The van der Waals surface area contributed by atoms with Gasteiger partial charge < -0.3 is 10.6 Å². The van der Waals surface area contributed by atoms with E-state index in [-0.39, 0.29) is 29.5 Å². The molecule has 162 valence electrons. The van der Waals surface area contributed by atoms with Gasteiger partial charge in [0.2, 0.25) is 11.1 Å². The van der Waals surface area contributed by atoms with Crippen LogP contribution in [0.15, 0.2) is 65.8 Å². The number of rotatable bonds is 10. The summed E-state index contributed by atoms with van der Waals surface area (Å²) < 4.78 is 0. The summed E-state index contributed by atoms with van der Waals surface area (Å²) in [5.41, 5.74) is 1.78. The van der Waals surface area contributed by atoms with E-state index in [1.807, 2.05) is 62.4 Å². The number of H-pyrrole nitrogens is 1. The van der Waals surface area contributed by atoms with Crippen LogP contribution >= 0.6 is 11.8 Å². The second-order valence-electron chi connectivity index (χ2n) is 7.44. The summed E-state index contributed by atoms with van der Waals surface area (Å²) >= 11 is 1.26. The Kier molecular flexibility index (Phi) is 8.23. The van der Waals surface area contributed by atoms with E-state index in [0.29, 0.717) is 23.1 Å². The Morgan fingerprint density at radius 3 is 2.39 bits per heavy atom. The van der Waals surface area contributed by atoms with Gasteiger partial charge in [-0.05, 0) is 30.0 Å². The zero-order valence-corrected chi connectivity index (χ0v) is 18.5. The number of amides is 2. The largest absolute Gasteiger partial charge is 0.355 e. The molecule has 3 N–H and O–H groups in total. The molecule has 0 aliphatic rings. The van der Waals surface area contributed by atoms with Gasteiger partial charge in [-0.2, -0.15) is 0 Å². The molecule has 2 aromatic carbocycles. The molecule has 2 amide bonds. The molecule has 1 unspecified atom stereocenters. The average molecular weight is 438 g/mol. The maximum absolute atomic E-state index is 12.5. The molecule has 0 aliphatic heterocycles. The van der Waals surface area contributed by atoms with Crippen LogP contribution in [0.25, 0.3) is 0 Å². The minimum Gasteiger partial charge on any atom is -0.355 e. The Bertz CT molecular complexity index is 976. The molecule has 31 heavy (non-hydrogen) atoms. The summed E-state index contributed by atoms with van der Waals surface area (Å²) in [6, 6.07) is 18.8. The van der Waals surface area contributed by atoms with Gasteiger partial charge >= 0.3 is 0 Å². The summed E-state index contributed by atoms with van der Waals surface area (Å²) in [6.07, 6.45) is 0.791. The highest BCUT2D eigenvalue weighted by Crippen LogP contribution is 2.21. The molecular formula is C23H27N5O2S. The zero-order chi connectivity index (χ0) is 22.1. The topological polar surface area (TPSA) is 99.8 Å². The number of carbonyl (C=O) groups is 2. The summed E-state index contributed by atoms with van der Waals surface area (Å²) in [4.78, 5) is 29.1. The van der Waals surface area contributed by atoms with Gasteiger partial charge in [0.25, 0.3) is 5.91 Å². The van der Waals surface area contributed by atoms with Crippen molar-refractivity contribution in [1.29, 1.82) is 0 Å². The molecule has 8 heteroatoms. The molecule has 1 heterocycles. The SMILES string of the molecule is CC(C)C(NC(=O)c1ccccc1)c1nc(SCC(=O)NCCc2ccccc2)n[nH]1. The Balaban J connectivity index is 1.49. The minimum atomic E-state index is -0.311. The van der Waals surface area contributed by atoms with Crippen LogP contribution in [0.3, 0.4) is 0 Å². The zero-order valence-electron chi connectivity index (χ0n) is 17.7. The lowest BCUT2D eigenvalue weighted by Gasteiger charge is -2.19. The number of aromatic amines is 1. The van der Waals surface area contributed by atoms with Crippen LogP contribution < -0.4 is 10.6 Å². The molecule has 3 rings (SSSR count). The highest BCUT2D eigenvalue weighted by Gasteiger charge is 2.23. The van der Waals surface area contributed by atoms with Crippen molar-refractivity contribution in [3.05, 3.63) is 77.6 Å². The van der Waals surface area contributed by atoms with Gasteiger partial charge in [-0.15, -0.1) is 5.10 Å². The van der Waals surface area contributed by atoms with Crippen LogP contribution in [0.1, 0.15) is 41.6 Å². The Morgan fingerprint density at radius 2 is 1.71 bits per heavy atom. The van der Waals surface area contributed by atoms with Crippen LogP contribution in [0.2, 0.25) is 0 Å². The lowest BCUT2D eigenvalue weighted by atomic mass is 10.0. The van der Waals surface area contributed by atoms with Crippen molar-refractivity contribution in [3.63, 3.8) is 0 Å². The number of nitrogens with zero attached hydrogens (tertiary/aromatic N) is 2. The van der Waals surface area contributed by atoms with Crippen LogP contribution in [0.4, 0.5) is 0 Å². The summed E-state index contributed by atoms with van der Waals surface area (Å²) in [6.45, 7) is 4.60. The number of aromatic nitrogens is 3. The van der Waals surface area contributed by atoms with Gasteiger partial charge in [0.05, 0.1) is 11.8 Å². The third-order valence-corrected chi connectivity index (χ3v) is 5.52.